The maximum absolute atomic E-state index is 12.4. The molecule has 0 aromatic carbocycles. The van der Waals surface area contributed by atoms with Crippen molar-refractivity contribution < 1.29 is 14.6 Å². The molecule has 1 fully saturated rings. The van der Waals surface area contributed by atoms with Crippen LogP contribution in [0.1, 0.15) is 22.8 Å². The zero-order valence-corrected chi connectivity index (χ0v) is 10.7. The molecule has 0 saturated carbocycles. The number of morpholine rings is 1. The molecule has 5 nitrogen and oxygen atoms in total. The highest BCUT2D eigenvalue weighted by Crippen LogP contribution is 2.15. The lowest BCUT2D eigenvalue weighted by Crippen LogP contribution is -2.52. The van der Waals surface area contributed by atoms with Gasteiger partial charge in [0.05, 0.1) is 30.9 Å². The Morgan fingerprint density at radius 2 is 2.39 bits per heavy atom. The summed E-state index contributed by atoms with van der Waals surface area (Å²) in [4.78, 5) is 18.1. The Bertz CT molecular complexity index is 436. The summed E-state index contributed by atoms with van der Waals surface area (Å²) in [6.45, 7) is 4.65. The lowest BCUT2D eigenvalue weighted by molar-refractivity contribution is -0.0667. The van der Waals surface area contributed by atoms with E-state index < -0.39 is 0 Å². The number of amides is 1. The molecule has 1 amide bonds. The molecule has 98 valence electrons. The Balaban J connectivity index is 2.16. The van der Waals surface area contributed by atoms with E-state index in [1.807, 2.05) is 19.9 Å². The van der Waals surface area contributed by atoms with Gasteiger partial charge in [-0.25, -0.2) is 0 Å². The number of pyridine rings is 1. The van der Waals surface area contributed by atoms with Gasteiger partial charge in [0.25, 0.3) is 5.91 Å². The molecule has 1 aromatic heterocycles. The van der Waals surface area contributed by atoms with Gasteiger partial charge in [0.1, 0.15) is 0 Å². The average Bonchev–Trinajstić information content (AvgIpc) is 2.38. The standard InChI is InChI=1S/C13H18N2O3/c1-9-3-11(5-14-4-9)13(17)15-6-12(7-16)18-8-10(15)2/h3-5,10,12,16H,6-8H2,1-2H3. The number of carbonyl (C=O) groups excluding carboxylic acids is 1. The minimum Gasteiger partial charge on any atom is -0.394 e. The third-order valence-corrected chi connectivity index (χ3v) is 3.09. The monoisotopic (exact) mass is 250 g/mol. The molecular weight excluding hydrogens is 232 g/mol. The predicted octanol–water partition coefficient (Wildman–Crippen LogP) is 0.612. The van der Waals surface area contributed by atoms with E-state index in [9.17, 15) is 4.79 Å². The highest BCUT2D eigenvalue weighted by molar-refractivity contribution is 5.94. The first-order chi connectivity index (χ1) is 8.61. The van der Waals surface area contributed by atoms with Crippen molar-refractivity contribution in [3.63, 3.8) is 0 Å². The third kappa shape index (κ3) is 2.68. The lowest BCUT2D eigenvalue weighted by atomic mass is 10.1. The van der Waals surface area contributed by atoms with Crippen LogP contribution in [0.2, 0.25) is 0 Å². The first-order valence-electron chi connectivity index (χ1n) is 6.07. The Kier molecular flexibility index (Phi) is 3.93. The summed E-state index contributed by atoms with van der Waals surface area (Å²) in [5.74, 6) is -0.0551. The fourth-order valence-electron chi connectivity index (χ4n) is 2.05. The van der Waals surface area contributed by atoms with Gasteiger partial charge in [0.15, 0.2) is 0 Å². The first kappa shape index (κ1) is 13.0. The zero-order valence-electron chi connectivity index (χ0n) is 10.7. The van der Waals surface area contributed by atoms with Gasteiger partial charge in [0, 0.05) is 18.9 Å². The van der Waals surface area contributed by atoms with Crippen LogP contribution in [0.3, 0.4) is 0 Å². The Morgan fingerprint density at radius 3 is 3.06 bits per heavy atom. The molecule has 2 unspecified atom stereocenters. The fraction of sp³-hybridized carbons (Fsp3) is 0.538. The molecule has 1 saturated heterocycles. The number of ether oxygens (including phenoxy) is 1. The number of hydrogen-bond donors (Lipinski definition) is 1. The van der Waals surface area contributed by atoms with Gasteiger partial charge < -0.3 is 14.7 Å². The average molecular weight is 250 g/mol. The summed E-state index contributed by atoms with van der Waals surface area (Å²) in [6, 6.07) is 1.84. The fourth-order valence-corrected chi connectivity index (χ4v) is 2.05. The summed E-state index contributed by atoms with van der Waals surface area (Å²) in [5.41, 5.74) is 1.54. The van der Waals surface area contributed by atoms with E-state index in [0.717, 1.165) is 5.56 Å². The number of aliphatic hydroxyl groups excluding tert-OH is 1. The first-order valence-corrected chi connectivity index (χ1v) is 6.07. The van der Waals surface area contributed by atoms with Gasteiger partial charge in [-0.15, -0.1) is 0 Å². The number of aromatic nitrogens is 1. The van der Waals surface area contributed by atoms with Crippen LogP contribution in [0.25, 0.3) is 0 Å². The molecule has 1 aliphatic heterocycles. The van der Waals surface area contributed by atoms with Crippen molar-refractivity contribution in [1.82, 2.24) is 9.88 Å². The molecular formula is C13H18N2O3. The smallest absolute Gasteiger partial charge is 0.255 e. The Labute approximate surface area is 106 Å². The van der Waals surface area contributed by atoms with Crippen LogP contribution < -0.4 is 0 Å². The molecule has 1 aliphatic rings. The van der Waals surface area contributed by atoms with Gasteiger partial charge in [-0.3, -0.25) is 9.78 Å². The van der Waals surface area contributed by atoms with Gasteiger partial charge >= 0.3 is 0 Å². The highest BCUT2D eigenvalue weighted by atomic mass is 16.5. The number of aliphatic hydroxyl groups is 1. The van der Waals surface area contributed by atoms with E-state index in [4.69, 9.17) is 9.84 Å². The molecule has 18 heavy (non-hydrogen) atoms. The molecule has 2 rings (SSSR count). The van der Waals surface area contributed by atoms with Crippen LogP contribution in [0, 0.1) is 6.92 Å². The van der Waals surface area contributed by atoms with Crippen molar-refractivity contribution in [3.05, 3.63) is 29.6 Å². The van der Waals surface area contributed by atoms with Crippen LogP contribution in [0.4, 0.5) is 0 Å². The van der Waals surface area contributed by atoms with E-state index in [0.29, 0.717) is 18.7 Å². The summed E-state index contributed by atoms with van der Waals surface area (Å²) in [7, 11) is 0. The van der Waals surface area contributed by atoms with E-state index in [1.165, 1.54) is 0 Å². The number of aryl methyl sites for hydroxylation is 1. The van der Waals surface area contributed by atoms with Crippen molar-refractivity contribution in [2.45, 2.75) is 26.0 Å². The van der Waals surface area contributed by atoms with Crippen molar-refractivity contribution in [2.24, 2.45) is 0 Å². The summed E-state index contributed by atoms with van der Waals surface area (Å²) in [5, 5.41) is 9.12. The second-order valence-corrected chi connectivity index (χ2v) is 4.70. The van der Waals surface area contributed by atoms with Gasteiger partial charge in [-0.2, -0.15) is 0 Å². The van der Waals surface area contributed by atoms with Crippen molar-refractivity contribution in [3.8, 4) is 0 Å². The normalized spacial score (nSPS) is 24.1. The second-order valence-electron chi connectivity index (χ2n) is 4.70. The van der Waals surface area contributed by atoms with E-state index in [2.05, 4.69) is 4.98 Å². The number of rotatable bonds is 2. The van der Waals surface area contributed by atoms with Crippen LogP contribution >= 0.6 is 0 Å². The molecule has 0 spiro atoms. The lowest BCUT2D eigenvalue weighted by Gasteiger charge is -2.37. The highest BCUT2D eigenvalue weighted by Gasteiger charge is 2.29. The van der Waals surface area contributed by atoms with Crippen LogP contribution in [-0.4, -0.2) is 52.8 Å². The SMILES string of the molecule is Cc1cncc(C(=O)N2CC(CO)OCC2C)c1. The Hall–Kier alpha value is -1.46. The van der Waals surface area contributed by atoms with Crippen molar-refractivity contribution in [2.75, 3.05) is 19.8 Å². The van der Waals surface area contributed by atoms with Crippen LogP contribution in [0.5, 0.6) is 0 Å². The van der Waals surface area contributed by atoms with Crippen LogP contribution in [-0.2, 0) is 4.74 Å². The zero-order chi connectivity index (χ0) is 13.1. The van der Waals surface area contributed by atoms with Gasteiger partial charge in [-0.1, -0.05) is 0 Å². The Morgan fingerprint density at radius 1 is 1.61 bits per heavy atom. The van der Waals surface area contributed by atoms with Gasteiger partial charge in [0.2, 0.25) is 0 Å². The molecule has 1 N–H and O–H groups in total. The minimum atomic E-state index is -0.289. The topological polar surface area (TPSA) is 62.7 Å². The summed E-state index contributed by atoms with van der Waals surface area (Å²) >= 11 is 0. The molecule has 2 atom stereocenters. The van der Waals surface area contributed by atoms with Crippen molar-refractivity contribution in [1.29, 1.82) is 0 Å². The maximum Gasteiger partial charge on any atom is 0.255 e. The molecule has 0 bridgehead atoms. The maximum atomic E-state index is 12.4. The number of nitrogens with zero attached hydrogens (tertiary/aromatic N) is 2. The van der Waals surface area contributed by atoms with E-state index in [-0.39, 0.29) is 24.7 Å². The summed E-state index contributed by atoms with van der Waals surface area (Å²) < 4.78 is 5.42. The molecule has 2 heterocycles. The van der Waals surface area contributed by atoms with Gasteiger partial charge in [-0.05, 0) is 25.5 Å². The molecule has 0 aliphatic carbocycles. The van der Waals surface area contributed by atoms with Crippen molar-refractivity contribution >= 4 is 5.91 Å². The summed E-state index contributed by atoms with van der Waals surface area (Å²) in [6.07, 6.45) is 3.00. The third-order valence-electron chi connectivity index (χ3n) is 3.09. The van der Waals surface area contributed by atoms with E-state index >= 15 is 0 Å². The van der Waals surface area contributed by atoms with Crippen LogP contribution in [0.15, 0.2) is 18.5 Å². The van der Waals surface area contributed by atoms with E-state index in [1.54, 1.807) is 17.3 Å². The molecule has 0 radical (unpaired) electrons. The molecule has 5 heteroatoms. The largest absolute Gasteiger partial charge is 0.394 e. The minimum absolute atomic E-state index is 0.0146. The number of carbonyl (C=O) groups is 1. The quantitative estimate of drug-likeness (QED) is 0.835. The molecule has 1 aromatic rings. The predicted molar refractivity (Wildman–Crippen MR) is 66.3 cm³/mol. The second kappa shape index (κ2) is 5.46. The number of hydrogen-bond acceptors (Lipinski definition) is 4.